The molecule has 0 spiro atoms. The maximum Gasteiger partial charge on any atom is 0.135 e. The van der Waals surface area contributed by atoms with Crippen LogP contribution in [-0.2, 0) is 12.0 Å². The molecule has 0 aliphatic carbocycles. The molecule has 2 aromatic heterocycles. The van der Waals surface area contributed by atoms with Crippen molar-refractivity contribution < 1.29 is 9.52 Å². The van der Waals surface area contributed by atoms with E-state index in [1.165, 1.54) is 0 Å². The molecule has 1 aromatic carbocycles. The fourth-order valence-corrected chi connectivity index (χ4v) is 2.88. The minimum atomic E-state index is -1.05. The smallest absolute Gasteiger partial charge is 0.135 e. The molecule has 0 saturated carbocycles. The summed E-state index contributed by atoms with van der Waals surface area (Å²) >= 11 is 0. The second kappa shape index (κ2) is 7.07. The van der Waals surface area contributed by atoms with Gasteiger partial charge in [0.25, 0.3) is 0 Å². The molecule has 1 unspecified atom stereocenters. The highest BCUT2D eigenvalue weighted by Crippen LogP contribution is 2.27. The quantitative estimate of drug-likeness (QED) is 0.719. The Bertz CT molecular complexity index is 841. The number of nitrogens with zero attached hydrogens (tertiary/aromatic N) is 2. The average molecular weight is 337 g/mol. The van der Waals surface area contributed by atoms with Gasteiger partial charge in [-0.3, -0.25) is 0 Å². The summed E-state index contributed by atoms with van der Waals surface area (Å²) < 4.78 is 5.52. The Morgan fingerprint density at radius 1 is 1.16 bits per heavy atom. The molecule has 0 aliphatic rings. The number of aromatic nitrogens is 2. The normalized spacial score (nSPS) is 13.4. The number of hydrogen-bond donors (Lipinski definition) is 2. The number of aryl methyl sites for hydroxylation is 2. The van der Waals surface area contributed by atoms with Crippen LogP contribution in [0.5, 0.6) is 0 Å². The first-order chi connectivity index (χ1) is 11.9. The van der Waals surface area contributed by atoms with Crippen LogP contribution < -0.4 is 5.32 Å². The summed E-state index contributed by atoms with van der Waals surface area (Å²) in [5.74, 6) is 2.96. The summed E-state index contributed by atoms with van der Waals surface area (Å²) in [5, 5.41) is 14.0. The molecule has 0 bridgehead atoms. The van der Waals surface area contributed by atoms with Crippen molar-refractivity contribution in [2.45, 2.75) is 32.8 Å². The van der Waals surface area contributed by atoms with Crippen LogP contribution in [0, 0.1) is 13.8 Å². The van der Waals surface area contributed by atoms with Gasteiger partial charge in [0.15, 0.2) is 0 Å². The van der Waals surface area contributed by atoms with Crippen molar-refractivity contribution in [2.75, 3.05) is 11.9 Å². The summed E-state index contributed by atoms with van der Waals surface area (Å²) in [4.78, 5) is 8.86. The van der Waals surface area contributed by atoms with Gasteiger partial charge in [0.1, 0.15) is 28.8 Å². The SMILES string of the molecule is Cc1cc(C(C)(O)CNc2ccnc(Cc3ccccc3)n2)c(C)o1. The third-order valence-electron chi connectivity index (χ3n) is 4.15. The largest absolute Gasteiger partial charge is 0.466 e. The molecular weight excluding hydrogens is 314 g/mol. The van der Waals surface area contributed by atoms with Gasteiger partial charge in [0.05, 0.1) is 0 Å². The summed E-state index contributed by atoms with van der Waals surface area (Å²) in [5.41, 5.74) is 0.902. The summed E-state index contributed by atoms with van der Waals surface area (Å²) in [6, 6.07) is 13.8. The molecule has 2 heterocycles. The molecule has 0 saturated heterocycles. The van der Waals surface area contributed by atoms with Crippen LogP contribution in [0.25, 0.3) is 0 Å². The predicted molar refractivity (Wildman–Crippen MR) is 97.5 cm³/mol. The first-order valence-electron chi connectivity index (χ1n) is 8.34. The lowest BCUT2D eigenvalue weighted by atomic mass is 9.96. The van der Waals surface area contributed by atoms with Crippen molar-refractivity contribution >= 4 is 5.82 Å². The second-order valence-corrected chi connectivity index (χ2v) is 6.47. The zero-order valence-electron chi connectivity index (χ0n) is 14.8. The van der Waals surface area contributed by atoms with Crippen LogP contribution in [-0.4, -0.2) is 21.6 Å². The van der Waals surface area contributed by atoms with Crippen LogP contribution >= 0.6 is 0 Å². The van der Waals surface area contributed by atoms with E-state index in [0.29, 0.717) is 18.8 Å². The van der Waals surface area contributed by atoms with Gasteiger partial charge < -0.3 is 14.8 Å². The lowest BCUT2D eigenvalue weighted by Gasteiger charge is -2.23. The van der Waals surface area contributed by atoms with Crippen molar-refractivity contribution in [3.8, 4) is 0 Å². The molecule has 5 heteroatoms. The first kappa shape index (κ1) is 17.2. The van der Waals surface area contributed by atoms with Crippen molar-refractivity contribution in [3.63, 3.8) is 0 Å². The van der Waals surface area contributed by atoms with Crippen LogP contribution in [0.15, 0.2) is 53.1 Å². The third kappa shape index (κ3) is 4.25. The molecule has 2 N–H and O–H groups in total. The van der Waals surface area contributed by atoms with Gasteiger partial charge in [0.2, 0.25) is 0 Å². The highest BCUT2D eigenvalue weighted by molar-refractivity contribution is 5.36. The Morgan fingerprint density at radius 2 is 1.92 bits per heavy atom. The number of rotatable bonds is 6. The number of aliphatic hydroxyl groups is 1. The highest BCUT2D eigenvalue weighted by Gasteiger charge is 2.27. The fourth-order valence-electron chi connectivity index (χ4n) is 2.88. The predicted octanol–water partition coefficient (Wildman–Crippen LogP) is 3.60. The molecule has 3 rings (SSSR count). The number of nitrogens with one attached hydrogen (secondary N) is 1. The number of anilines is 1. The Labute approximate surface area is 147 Å². The Balaban J connectivity index is 1.69. The van der Waals surface area contributed by atoms with E-state index in [2.05, 4.69) is 27.4 Å². The van der Waals surface area contributed by atoms with E-state index in [1.807, 2.05) is 38.1 Å². The molecule has 5 nitrogen and oxygen atoms in total. The minimum Gasteiger partial charge on any atom is -0.466 e. The summed E-state index contributed by atoms with van der Waals surface area (Å²) in [6.07, 6.45) is 2.41. The Kier molecular flexibility index (Phi) is 4.86. The Hall–Kier alpha value is -2.66. The second-order valence-electron chi connectivity index (χ2n) is 6.47. The van der Waals surface area contributed by atoms with Crippen LogP contribution in [0.4, 0.5) is 5.82 Å². The van der Waals surface area contributed by atoms with E-state index in [0.717, 1.165) is 28.5 Å². The maximum atomic E-state index is 10.8. The molecule has 25 heavy (non-hydrogen) atoms. The molecule has 0 fully saturated rings. The lowest BCUT2D eigenvalue weighted by Crippen LogP contribution is -2.31. The number of furan rings is 1. The minimum absolute atomic E-state index is 0.328. The third-order valence-corrected chi connectivity index (χ3v) is 4.15. The molecule has 1 atom stereocenters. The van der Waals surface area contributed by atoms with E-state index in [-0.39, 0.29) is 0 Å². The zero-order valence-corrected chi connectivity index (χ0v) is 14.8. The van der Waals surface area contributed by atoms with Crippen molar-refractivity contribution in [2.24, 2.45) is 0 Å². The van der Waals surface area contributed by atoms with Crippen molar-refractivity contribution in [1.82, 2.24) is 9.97 Å². The molecular formula is C20H23N3O2. The average Bonchev–Trinajstić information content (AvgIpc) is 2.94. The van der Waals surface area contributed by atoms with E-state index in [9.17, 15) is 5.11 Å². The zero-order chi connectivity index (χ0) is 17.9. The molecule has 0 aliphatic heterocycles. The molecule has 3 aromatic rings. The molecule has 0 radical (unpaired) electrons. The van der Waals surface area contributed by atoms with Gasteiger partial charge in [-0.05, 0) is 38.5 Å². The standard InChI is InChI=1S/C20H23N3O2/c1-14-11-17(15(2)25-14)20(3,24)13-22-18-9-10-21-19(23-18)12-16-7-5-4-6-8-16/h4-11,24H,12-13H2,1-3H3,(H,21,22,23). The van der Waals surface area contributed by atoms with Gasteiger partial charge in [-0.2, -0.15) is 0 Å². The van der Waals surface area contributed by atoms with E-state index < -0.39 is 5.60 Å². The van der Waals surface area contributed by atoms with Crippen molar-refractivity contribution in [3.05, 3.63) is 77.1 Å². The first-order valence-corrected chi connectivity index (χ1v) is 8.34. The maximum absolute atomic E-state index is 10.8. The van der Waals surface area contributed by atoms with Crippen LogP contribution in [0.3, 0.4) is 0 Å². The van der Waals surface area contributed by atoms with E-state index >= 15 is 0 Å². The Morgan fingerprint density at radius 3 is 2.60 bits per heavy atom. The van der Waals surface area contributed by atoms with Gasteiger partial charge in [-0.1, -0.05) is 30.3 Å². The number of benzene rings is 1. The van der Waals surface area contributed by atoms with Crippen LogP contribution in [0.1, 0.15) is 35.4 Å². The van der Waals surface area contributed by atoms with E-state index in [4.69, 9.17) is 4.42 Å². The van der Waals surface area contributed by atoms with Gasteiger partial charge in [0, 0.05) is 24.7 Å². The summed E-state index contributed by atoms with van der Waals surface area (Å²) in [6.45, 7) is 5.83. The molecule has 0 amide bonds. The van der Waals surface area contributed by atoms with Gasteiger partial charge in [-0.25, -0.2) is 9.97 Å². The summed E-state index contributed by atoms with van der Waals surface area (Å²) in [7, 11) is 0. The fraction of sp³-hybridized carbons (Fsp3) is 0.300. The van der Waals surface area contributed by atoms with Gasteiger partial charge >= 0.3 is 0 Å². The lowest BCUT2D eigenvalue weighted by molar-refractivity contribution is 0.0698. The highest BCUT2D eigenvalue weighted by atomic mass is 16.3. The monoisotopic (exact) mass is 337 g/mol. The van der Waals surface area contributed by atoms with Gasteiger partial charge in [-0.15, -0.1) is 0 Å². The van der Waals surface area contributed by atoms with Crippen LogP contribution in [0.2, 0.25) is 0 Å². The molecule has 130 valence electrons. The number of hydrogen-bond acceptors (Lipinski definition) is 5. The topological polar surface area (TPSA) is 71.2 Å². The van der Waals surface area contributed by atoms with Crippen molar-refractivity contribution in [1.29, 1.82) is 0 Å². The van der Waals surface area contributed by atoms with E-state index in [1.54, 1.807) is 19.2 Å².